The predicted molar refractivity (Wildman–Crippen MR) is 125 cm³/mol. The van der Waals surface area contributed by atoms with E-state index in [1.54, 1.807) is 31.4 Å². The number of methoxy groups -OCH3 is 1. The van der Waals surface area contributed by atoms with E-state index in [-0.39, 0.29) is 46.9 Å². The lowest BCUT2D eigenvalue weighted by atomic mass is 9.51. The van der Waals surface area contributed by atoms with Gasteiger partial charge in [-0.25, -0.2) is 0 Å². The number of fused-ring (bicyclic) bond motifs is 1. The summed E-state index contributed by atoms with van der Waals surface area (Å²) in [4.78, 5) is 25.5. The van der Waals surface area contributed by atoms with Crippen LogP contribution in [0.4, 0.5) is 0 Å². The number of carbonyl (C=O) groups is 2. The number of aliphatic hydroxyl groups excluding tert-OH is 1. The van der Waals surface area contributed by atoms with E-state index in [0.29, 0.717) is 24.3 Å². The minimum atomic E-state index is -0.600. The van der Waals surface area contributed by atoms with E-state index < -0.39 is 6.10 Å². The number of nitriles is 1. The molecule has 1 aromatic rings. The van der Waals surface area contributed by atoms with Crippen molar-refractivity contribution < 1.29 is 19.4 Å². The van der Waals surface area contributed by atoms with Crippen molar-refractivity contribution in [3.63, 3.8) is 0 Å². The first-order valence-electron chi connectivity index (χ1n) is 12.0. The van der Waals surface area contributed by atoms with Crippen molar-refractivity contribution in [3.8, 4) is 6.07 Å². The van der Waals surface area contributed by atoms with Crippen molar-refractivity contribution in [2.75, 3.05) is 20.3 Å². The third-order valence-corrected chi connectivity index (χ3v) is 8.14. The molecule has 33 heavy (non-hydrogen) atoms. The number of amides is 2. The first kappa shape index (κ1) is 25.2. The number of nitrogens with one attached hydrogen (secondary N) is 2. The number of ether oxygens (including phenoxy) is 1. The number of benzene rings is 1. The van der Waals surface area contributed by atoms with Gasteiger partial charge >= 0.3 is 0 Å². The Balaban J connectivity index is 1.69. The Morgan fingerprint density at radius 1 is 1.27 bits per heavy atom. The third-order valence-electron chi connectivity index (χ3n) is 8.14. The van der Waals surface area contributed by atoms with Crippen molar-refractivity contribution in [1.29, 1.82) is 5.26 Å². The van der Waals surface area contributed by atoms with Gasteiger partial charge in [0, 0.05) is 31.2 Å². The molecule has 2 aliphatic carbocycles. The van der Waals surface area contributed by atoms with Crippen LogP contribution in [0.2, 0.25) is 0 Å². The van der Waals surface area contributed by atoms with E-state index in [9.17, 15) is 14.7 Å². The Labute approximate surface area is 196 Å². The number of hydrogen-bond donors (Lipinski definition) is 3. The molecule has 0 spiro atoms. The normalized spacial score (nSPS) is 32.2. The van der Waals surface area contributed by atoms with Crippen LogP contribution in [0.5, 0.6) is 0 Å². The second kappa shape index (κ2) is 10.7. The zero-order valence-corrected chi connectivity index (χ0v) is 20.1. The van der Waals surface area contributed by atoms with E-state index >= 15 is 0 Å². The summed E-state index contributed by atoms with van der Waals surface area (Å²) in [5.41, 5.74) is 1.04. The molecule has 3 rings (SSSR count). The molecule has 1 aromatic carbocycles. The quantitative estimate of drug-likeness (QED) is 0.548. The average molecular weight is 456 g/mol. The van der Waals surface area contributed by atoms with Crippen LogP contribution >= 0.6 is 0 Å². The summed E-state index contributed by atoms with van der Waals surface area (Å²) in [6, 6.07) is 8.63. The lowest BCUT2D eigenvalue weighted by Crippen LogP contribution is -2.58. The van der Waals surface area contributed by atoms with E-state index in [1.807, 2.05) is 6.92 Å². The molecule has 0 aliphatic heterocycles. The minimum Gasteiger partial charge on any atom is -0.392 e. The van der Waals surface area contributed by atoms with Crippen LogP contribution in [0.1, 0.15) is 62.4 Å². The van der Waals surface area contributed by atoms with Crippen LogP contribution in [0.25, 0.3) is 0 Å². The van der Waals surface area contributed by atoms with Gasteiger partial charge in [-0.1, -0.05) is 20.8 Å². The topological polar surface area (TPSA) is 111 Å². The van der Waals surface area contributed by atoms with Crippen LogP contribution in [0.3, 0.4) is 0 Å². The van der Waals surface area contributed by atoms with Crippen LogP contribution < -0.4 is 10.6 Å². The Bertz CT molecular complexity index is 881. The van der Waals surface area contributed by atoms with Crippen molar-refractivity contribution in [1.82, 2.24) is 10.6 Å². The fourth-order valence-electron chi connectivity index (χ4n) is 6.08. The summed E-state index contributed by atoms with van der Waals surface area (Å²) >= 11 is 0. The molecule has 0 aromatic heterocycles. The zero-order valence-electron chi connectivity index (χ0n) is 20.1. The number of carbonyl (C=O) groups excluding carboxylic acids is 2. The summed E-state index contributed by atoms with van der Waals surface area (Å²) in [5, 5.41) is 26.5. The van der Waals surface area contributed by atoms with Crippen LogP contribution in [0.15, 0.2) is 24.3 Å². The molecule has 0 bridgehead atoms. The predicted octanol–water partition coefficient (Wildman–Crippen LogP) is 2.88. The summed E-state index contributed by atoms with van der Waals surface area (Å²) in [6.07, 6.45) is 2.98. The van der Waals surface area contributed by atoms with E-state index in [1.165, 1.54) is 0 Å². The highest BCUT2D eigenvalue weighted by molar-refractivity contribution is 5.94. The lowest BCUT2D eigenvalue weighted by Gasteiger charge is -2.56. The SMILES string of the molecule is COCCNC(=O)C(C)C1CCC2(C)CCC(NC(=O)c3ccc(C#N)cc3)C(C)C2C1O. The maximum Gasteiger partial charge on any atom is 0.251 e. The number of aliphatic hydroxyl groups is 1. The number of rotatable bonds is 7. The van der Waals surface area contributed by atoms with Gasteiger partial charge in [0.15, 0.2) is 0 Å². The first-order chi connectivity index (χ1) is 15.7. The number of nitrogens with zero attached hydrogens (tertiary/aromatic N) is 1. The Kier molecular flexibility index (Phi) is 8.14. The number of hydrogen-bond acceptors (Lipinski definition) is 5. The standard InChI is InChI=1S/C26H37N3O4/c1-16(24(31)28-13-14-33-4)20-9-11-26(3)12-10-21(17(2)22(26)23(20)30)29-25(32)19-7-5-18(15-27)6-8-19/h5-8,16-17,20-23,30H,9-14H2,1-4H3,(H,28,31)(H,29,32). The Morgan fingerprint density at radius 2 is 1.94 bits per heavy atom. The highest BCUT2D eigenvalue weighted by atomic mass is 16.5. The van der Waals surface area contributed by atoms with Gasteiger partial charge in [0.05, 0.1) is 24.3 Å². The van der Waals surface area contributed by atoms with Crippen LogP contribution in [-0.2, 0) is 9.53 Å². The lowest BCUT2D eigenvalue weighted by molar-refractivity contribution is -0.142. The van der Waals surface area contributed by atoms with Gasteiger partial charge in [0.2, 0.25) is 5.91 Å². The molecule has 7 unspecified atom stereocenters. The maximum absolute atomic E-state index is 12.8. The molecule has 0 saturated heterocycles. The summed E-state index contributed by atoms with van der Waals surface area (Å²) in [5.74, 6) is -0.525. The molecule has 2 saturated carbocycles. The zero-order chi connectivity index (χ0) is 24.2. The Morgan fingerprint density at radius 3 is 2.58 bits per heavy atom. The van der Waals surface area contributed by atoms with E-state index in [4.69, 9.17) is 10.00 Å². The summed E-state index contributed by atoms with van der Waals surface area (Å²) in [6.45, 7) is 7.18. The molecule has 0 heterocycles. The smallest absolute Gasteiger partial charge is 0.251 e. The van der Waals surface area contributed by atoms with Crippen molar-refractivity contribution in [3.05, 3.63) is 35.4 Å². The van der Waals surface area contributed by atoms with Gasteiger partial charge in [0.1, 0.15) is 0 Å². The molecule has 7 nitrogen and oxygen atoms in total. The van der Waals surface area contributed by atoms with Crippen molar-refractivity contribution >= 4 is 11.8 Å². The van der Waals surface area contributed by atoms with Crippen molar-refractivity contribution in [2.45, 2.75) is 58.6 Å². The molecule has 180 valence electrons. The molecule has 2 amide bonds. The second-order valence-electron chi connectivity index (χ2n) is 10.1. The molecule has 2 aliphatic rings. The fourth-order valence-corrected chi connectivity index (χ4v) is 6.08. The van der Waals surface area contributed by atoms with Crippen molar-refractivity contribution in [2.24, 2.45) is 29.1 Å². The molecule has 0 radical (unpaired) electrons. The molecular weight excluding hydrogens is 418 g/mol. The molecule has 7 atom stereocenters. The molecule has 3 N–H and O–H groups in total. The maximum atomic E-state index is 12.8. The van der Waals surface area contributed by atoms with Gasteiger partial charge < -0.3 is 20.5 Å². The largest absolute Gasteiger partial charge is 0.392 e. The third kappa shape index (κ3) is 5.39. The van der Waals surface area contributed by atoms with E-state index in [2.05, 4.69) is 30.6 Å². The van der Waals surface area contributed by atoms with Crippen LogP contribution in [-0.4, -0.2) is 49.3 Å². The van der Waals surface area contributed by atoms with Gasteiger partial charge in [-0.3, -0.25) is 9.59 Å². The summed E-state index contributed by atoms with van der Waals surface area (Å²) in [7, 11) is 1.60. The highest BCUT2D eigenvalue weighted by Gasteiger charge is 2.53. The highest BCUT2D eigenvalue weighted by Crippen LogP contribution is 2.55. The minimum absolute atomic E-state index is 0.00273. The van der Waals surface area contributed by atoms with Gasteiger partial charge in [-0.15, -0.1) is 0 Å². The van der Waals surface area contributed by atoms with Gasteiger partial charge in [-0.2, -0.15) is 5.26 Å². The van der Waals surface area contributed by atoms with Crippen LogP contribution in [0, 0.1) is 40.4 Å². The first-order valence-corrected chi connectivity index (χ1v) is 12.0. The summed E-state index contributed by atoms with van der Waals surface area (Å²) < 4.78 is 5.01. The fraction of sp³-hybridized carbons (Fsp3) is 0.654. The molecule has 2 fully saturated rings. The molecule has 7 heteroatoms. The monoisotopic (exact) mass is 455 g/mol. The molecular formula is C26H37N3O4. The average Bonchev–Trinajstić information content (AvgIpc) is 2.80. The van der Waals surface area contributed by atoms with Gasteiger partial charge in [-0.05, 0) is 73.1 Å². The second-order valence-corrected chi connectivity index (χ2v) is 10.1. The Hall–Kier alpha value is -2.43. The van der Waals surface area contributed by atoms with Gasteiger partial charge in [0.25, 0.3) is 5.91 Å². The van der Waals surface area contributed by atoms with E-state index in [0.717, 1.165) is 25.7 Å².